The van der Waals surface area contributed by atoms with Crippen molar-refractivity contribution in [1.82, 2.24) is 0 Å². The molecular weight excluding hydrogens is 388 g/mol. The van der Waals surface area contributed by atoms with E-state index in [0.717, 1.165) is 0 Å². The van der Waals surface area contributed by atoms with Crippen molar-refractivity contribution >= 4 is 17.9 Å². The Kier molecular flexibility index (Phi) is 11.2. The van der Waals surface area contributed by atoms with Crippen LogP contribution in [0.25, 0.3) is 0 Å². The minimum absolute atomic E-state index is 0.106. The summed E-state index contributed by atoms with van der Waals surface area (Å²) in [4.78, 5) is 34.6. The number of terminal acetylenes is 1. The molecule has 1 heterocycles. The van der Waals surface area contributed by atoms with Gasteiger partial charge in [-0.1, -0.05) is 5.92 Å². The van der Waals surface area contributed by atoms with Gasteiger partial charge in [0.25, 0.3) is 0 Å². The van der Waals surface area contributed by atoms with E-state index in [2.05, 4.69) is 5.92 Å². The molecule has 10 heteroatoms. The van der Waals surface area contributed by atoms with Crippen LogP contribution in [0.5, 0.6) is 0 Å². The third-order valence-electron chi connectivity index (χ3n) is 3.70. The number of carbonyl (C=O) groups is 3. The maximum absolute atomic E-state index is 11.6. The van der Waals surface area contributed by atoms with Crippen molar-refractivity contribution < 1.29 is 47.5 Å². The highest BCUT2D eigenvalue weighted by Crippen LogP contribution is 2.29. The average Bonchev–Trinajstić information content (AvgIpc) is 2.62. The Morgan fingerprint density at radius 1 is 0.828 bits per heavy atom. The Bertz CT molecular complexity index is 584. The molecule has 2 unspecified atom stereocenters. The molecular formula is C19H28O10. The fourth-order valence-electron chi connectivity index (χ4n) is 2.68. The van der Waals surface area contributed by atoms with Gasteiger partial charge in [-0.15, -0.1) is 6.42 Å². The minimum atomic E-state index is -1.13. The summed E-state index contributed by atoms with van der Waals surface area (Å²) in [7, 11) is 0. The highest BCUT2D eigenvalue weighted by molar-refractivity contribution is 5.68. The van der Waals surface area contributed by atoms with Gasteiger partial charge in [0.15, 0.2) is 24.6 Å². The second-order valence-corrected chi connectivity index (χ2v) is 6.17. The van der Waals surface area contributed by atoms with Crippen LogP contribution in [0, 0.1) is 12.3 Å². The van der Waals surface area contributed by atoms with Crippen molar-refractivity contribution in [2.24, 2.45) is 0 Å². The first kappa shape index (κ1) is 24.8. The van der Waals surface area contributed by atoms with E-state index >= 15 is 0 Å². The quantitative estimate of drug-likeness (QED) is 0.200. The van der Waals surface area contributed by atoms with Crippen LogP contribution >= 0.6 is 0 Å². The van der Waals surface area contributed by atoms with E-state index in [1.165, 1.54) is 20.8 Å². The van der Waals surface area contributed by atoms with E-state index < -0.39 is 48.6 Å². The zero-order valence-electron chi connectivity index (χ0n) is 17.1. The van der Waals surface area contributed by atoms with Gasteiger partial charge >= 0.3 is 17.9 Å². The lowest BCUT2D eigenvalue weighted by Crippen LogP contribution is -2.61. The summed E-state index contributed by atoms with van der Waals surface area (Å²) in [6.07, 6.45) is 0.146. The van der Waals surface area contributed by atoms with E-state index in [9.17, 15) is 14.4 Å². The van der Waals surface area contributed by atoms with Gasteiger partial charge in [0, 0.05) is 20.8 Å². The first-order valence-electron chi connectivity index (χ1n) is 9.14. The van der Waals surface area contributed by atoms with Gasteiger partial charge in [-0.05, 0) is 6.92 Å². The Balaban J connectivity index is 2.74. The van der Waals surface area contributed by atoms with Gasteiger partial charge in [0.05, 0.1) is 32.5 Å². The van der Waals surface area contributed by atoms with Gasteiger partial charge < -0.3 is 33.2 Å². The molecule has 5 atom stereocenters. The Morgan fingerprint density at radius 2 is 1.34 bits per heavy atom. The van der Waals surface area contributed by atoms with Crippen molar-refractivity contribution in [1.29, 1.82) is 0 Å². The molecule has 0 bridgehead atoms. The standard InChI is InChI=1S/C19H28O10/c1-6-7-23-8-9-24-10-11-25-19-18(29-15(5)22)17(28-14(4)21)16(12(2)26-19)27-13(3)20/h1,12,16-19H,7-11H2,2-5H3/t12?,16-,17?,18-,19-/m1/s1. The van der Waals surface area contributed by atoms with Gasteiger partial charge in [0.1, 0.15) is 6.61 Å². The van der Waals surface area contributed by atoms with Gasteiger partial charge in [-0.2, -0.15) is 0 Å². The lowest BCUT2D eigenvalue weighted by Gasteiger charge is -2.43. The molecule has 0 radical (unpaired) electrons. The van der Waals surface area contributed by atoms with Gasteiger partial charge in [-0.25, -0.2) is 0 Å². The molecule has 0 aromatic rings. The zero-order chi connectivity index (χ0) is 21.8. The van der Waals surface area contributed by atoms with Gasteiger partial charge in [0.2, 0.25) is 0 Å². The molecule has 1 saturated heterocycles. The number of carbonyl (C=O) groups excluding carboxylic acids is 3. The number of hydrogen-bond acceptors (Lipinski definition) is 10. The molecule has 0 saturated carbocycles. The van der Waals surface area contributed by atoms with Crippen LogP contribution in [0.2, 0.25) is 0 Å². The SMILES string of the molecule is C#CCOCCOCCO[C@@H]1OC(C)[C@@H](OC(C)=O)C(OC(C)=O)[C@H]1OC(C)=O. The Morgan fingerprint density at radius 3 is 1.93 bits per heavy atom. The van der Waals surface area contributed by atoms with Crippen LogP contribution < -0.4 is 0 Å². The summed E-state index contributed by atoms with van der Waals surface area (Å²) in [5.74, 6) is 0.480. The molecule has 0 spiro atoms. The van der Waals surface area contributed by atoms with Crippen molar-refractivity contribution in [3.8, 4) is 12.3 Å². The lowest BCUT2D eigenvalue weighted by molar-refractivity contribution is -0.302. The topological polar surface area (TPSA) is 116 Å². The van der Waals surface area contributed by atoms with Crippen LogP contribution in [0.15, 0.2) is 0 Å². The second kappa shape index (κ2) is 13.1. The van der Waals surface area contributed by atoms with Crippen LogP contribution in [0.3, 0.4) is 0 Å². The molecule has 29 heavy (non-hydrogen) atoms. The summed E-state index contributed by atoms with van der Waals surface area (Å²) in [6, 6.07) is 0. The molecule has 164 valence electrons. The summed E-state index contributed by atoms with van der Waals surface area (Å²) >= 11 is 0. The molecule has 1 rings (SSSR count). The number of esters is 3. The van der Waals surface area contributed by atoms with E-state index in [4.69, 9.17) is 39.6 Å². The summed E-state index contributed by atoms with van der Waals surface area (Å²) in [6.45, 7) is 6.43. The van der Waals surface area contributed by atoms with Crippen molar-refractivity contribution in [3.05, 3.63) is 0 Å². The highest BCUT2D eigenvalue weighted by Gasteiger charge is 2.50. The summed E-state index contributed by atoms with van der Waals surface area (Å²) in [5.41, 5.74) is 0. The molecule has 1 aliphatic rings. The third kappa shape index (κ3) is 9.23. The van der Waals surface area contributed by atoms with Crippen molar-refractivity contribution in [3.63, 3.8) is 0 Å². The highest BCUT2D eigenvalue weighted by atomic mass is 16.7. The summed E-state index contributed by atoms with van der Waals surface area (Å²) < 4.78 is 37.5. The number of ether oxygens (including phenoxy) is 7. The Hall–Kier alpha value is -2.19. The van der Waals surface area contributed by atoms with E-state index in [1.807, 2.05) is 0 Å². The van der Waals surface area contributed by atoms with E-state index in [1.54, 1.807) is 6.92 Å². The molecule has 0 N–H and O–H groups in total. The summed E-state index contributed by atoms with van der Waals surface area (Å²) in [5, 5.41) is 0. The van der Waals surface area contributed by atoms with Crippen LogP contribution in [-0.2, 0) is 47.5 Å². The average molecular weight is 416 g/mol. The smallest absolute Gasteiger partial charge is 0.303 e. The lowest BCUT2D eigenvalue weighted by atomic mass is 9.99. The van der Waals surface area contributed by atoms with E-state index in [0.29, 0.717) is 13.2 Å². The van der Waals surface area contributed by atoms with Gasteiger partial charge in [-0.3, -0.25) is 14.4 Å². The predicted molar refractivity (Wildman–Crippen MR) is 97.4 cm³/mol. The first-order chi connectivity index (χ1) is 13.8. The number of rotatable bonds is 11. The maximum atomic E-state index is 11.6. The minimum Gasteiger partial charge on any atom is -0.456 e. The first-order valence-corrected chi connectivity index (χ1v) is 9.14. The molecule has 1 aliphatic heterocycles. The van der Waals surface area contributed by atoms with E-state index in [-0.39, 0.29) is 19.8 Å². The molecule has 0 aromatic heterocycles. The predicted octanol–water partition coefficient (Wildman–Crippen LogP) is 0.209. The van der Waals surface area contributed by atoms with Crippen LogP contribution in [0.1, 0.15) is 27.7 Å². The van der Waals surface area contributed by atoms with Crippen molar-refractivity contribution in [2.45, 2.75) is 58.4 Å². The normalized spacial score (nSPS) is 26.2. The molecule has 10 nitrogen and oxygen atoms in total. The monoisotopic (exact) mass is 416 g/mol. The second-order valence-electron chi connectivity index (χ2n) is 6.17. The zero-order valence-corrected chi connectivity index (χ0v) is 17.1. The fourth-order valence-corrected chi connectivity index (χ4v) is 2.68. The van der Waals surface area contributed by atoms with Crippen LogP contribution in [-0.4, -0.2) is 81.6 Å². The van der Waals surface area contributed by atoms with Crippen molar-refractivity contribution in [2.75, 3.05) is 33.0 Å². The molecule has 0 aliphatic carbocycles. The van der Waals surface area contributed by atoms with Crippen LogP contribution in [0.4, 0.5) is 0 Å². The molecule has 1 fully saturated rings. The molecule has 0 aromatic carbocycles. The molecule has 0 amide bonds. The Labute approximate surface area is 170 Å². The maximum Gasteiger partial charge on any atom is 0.303 e. The fraction of sp³-hybridized carbons (Fsp3) is 0.737. The largest absolute Gasteiger partial charge is 0.456 e. The third-order valence-corrected chi connectivity index (χ3v) is 3.70. The number of hydrogen-bond donors (Lipinski definition) is 0.